The first-order valence-electron chi connectivity index (χ1n) is 31.3. The summed E-state index contributed by atoms with van der Waals surface area (Å²) in [6.45, 7) is 4.21. The maximum atomic E-state index is 12.5. The van der Waals surface area contributed by atoms with Gasteiger partial charge in [-0.15, -0.1) is 0 Å². The van der Waals surface area contributed by atoms with Gasteiger partial charge >= 0.3 is 0 Å². The molecule has 0 aliphatic heterocycles. The van der Waals surface area contributed by atoms with Crippen molar-refractivity contribution in [3.8, 4) is 0 Å². The van der Waals surface area contributed by atoms with E-state index >= 15 is 0 Å². The molecule has 0 aromatic rings. The first kappa shape index (κ1) is 67.6. The van der Waals surface area contributed by atoms with E-state index in [9.17, 15) is 20.1 Å². The minimum atomic E-state index is -1.16. The molecule has 0 fully saturated rings. The van der Waals surface area contributed by atoms with Gasteiger partial charge in [0.15, 0.2) is 0 Å². The van der Waals surface area contributed by atoms with Crippen molar-refractivity contribution >= 4 is 5.91 Å². The Morgan fingerprint density at radius 3 is 0.928 bits per heavy atom. The molecule has 0 aliphatic rings. The lowest BCUT2D eigenvalue weighted by atomic mass is 10.0. The molecule has 3 unspecified atom stereocenters. The number of nitrogens with one attached hydrogen (secondary N) is 1. The Kier molecular flexibility index (Phi) is 57.9. The minimum Gasteiger partial charge on any atom is -0.394 e. The standard InChI is InChI=1S/C64H123NO4/c1-3-5-7-9-11-13-15-17-19-21-23-25-27-29-30-31-32-33-34-35-37-39-41-43-45-47-49-51-53-55-57-59-63(68)65-61(60-66)64(69)62(67)58-56-54-52-50-48-46-44-42-40-38-36-28-26-24-22-20-18-16-14-12-10-8-6-4-2/h23,25,29-30,50,52,61-62,64,66-67,69H,3-22,24,26-28,31-49,51,53-60H2,1-2H3,(H,65,68)/b25-23-,30-29-,52-50+. The van der Waals surface area contributed by atoms with Crippen LogP contribution in [0.2, 0.25) is 0 Å². The number of hydrogen-bond donors (Lipinski definition) is 4. The second-order valence-electron chi connectivity index (χ2n) is 21.6. The molecule has 5 heteroatoms. The molecule has 1 amide bonds. The molecule has 0 heterocycles. The zero-order valence-corrected chi connectivity index (χ0v) is 46.7. The molecule has 0 aliphatic carbocycles. The van der Waals surface area contributed by atoms with Crippen molar-refractivity contribution in [1.29, 1.82) is 0 Å². The van der Waals surface area contributed by atoms with Crippen LogP contribution in [0, 0.1) is 0 Å². The molecular weight excluding hydrogens is 847 g/mol. The Bertz CT molecular complexity index is 1070. The quantitative estimate of drug-likeness (QED) is 0.0361. The van der Waals surface area contributed by atoms with Crippen LogP contribution in [0.4, 0.5) is 0 Å². The van der Waals surface area contributed by atoms with Gasteiger partial charge in [-0.2, -0.15) is 0 Å². The van der Waals surface area contributed by atoms with E-state index in [-0.39, 0.29) is 12.5 Å². The predicted octanol–water partition coefficient (Wildman–Crippen LogP) is 19.8. The van der Waals surface area contributed by atoms with Crippen molar-refractivity contribution in [2.24, 2.45) is 0 Å². The summed E-state index contributed by atoms with van der Waals surface area (Å²) in [4.78, 5) is 12.5. The number of hydrogen-bond acceptors (Lipinski definition) is 4. The number of unbranched alkanes of at least 4 members (excludes halogenated alkanes) is 44. The molecule has 0 rings (SSSR count). The zero-order valence-electron chi connectivity index (χ0n) is 46.7. The van der Waals surface area contributed by atoms with Crippen LogP contribution in [0.1, 0.15) is 341 Å². The van der Waals surface area contributed by atoms with Gasteiger partial charge in [-0.25, -0.2) is 0 Å². The van der Waals surface area contributed by atoms with Crippen molar-refractivity contribution in [2.75, 3.05) is 6.61 Å². The monoisotopic (exact) mass is 970 g/mol. The first-order chi connectivity index (χ1) is 34.1. The van der Waals surface area contributed by atoms with Crippen LogP contribution in [0.25, 0.3) is 0 Å². The van der Waals surface area contributed by atoms with Gasteiger partial charge in [0.1, 0.15) is 6.10 Å². The van der Waals surface area contributed by atoms with Gasteiger partial charge in [0, 0.05) is 6.42 Å². The number of carbonyl (C=O) groups is 1. The number of rotatable bonds is 58. The van der Waals surface area contributed by atoms with Crippen molar-refractivity contribution in [2.45, 2.75) is 360 Å². The Morgan fingerprint density at radius 2 is 0.623 bits per heavy atom. The summed E-state index contributed by atoms with van der Waals surface area (Å²) in [7, 11) is 0. The molecule has 0 aromatic carbocycles. The number of amides is 1. The Morgan fingerprint density at radius 1 is 0.362 bits per heavy atom. The Hall–Kier alpha value is -1.43. The van der Waals surface area contributed by atoms with Crippen LogP contribution in [-0.4, -0.2) is 46.1 Å². The zero-order chi connectivity index (χ0) is 50.0. The molecule has 0 saturated heterocycles. The lowest BCUT2D eigenvalue weighted by Gasteiger charge is -2.26. The average Bonchev–Trinajstić information content (AvgIpc) is 3.35. The first-order valence-corrected chi connectivity index (χ1v) is 31.3. The van der Waals surface area contributed by atoms with Gasteiger partial charge in [0.25, 0.3) is 0 Å². The van der Waals surface area contributed by atoms with Gasteiger partial charge in [0.2, 0.25) is 5.91 Å². The summed E-state index contributed by atoms with van der Waals surface area (Å²) in [5.41, 5.74) is 0. The fraction of sp³-hybridized carbons (Fsp3) is 0.891. The van der Waals surface area contributed by atoms with Gasteiger partial charge < -0.3 is 20.6 Å². The van der Waals surface area contributed by atoms with Crippen LogP contribution in [0.3, 0.4) is 0 Å². The summed E-state index contributed by atoms with van der Waals surface area (Å²) < 4.78 is 0. The molecular formula is C64H123NO4. The highest BCUT2D eigenvalue weighted by molar-refractivity contribution is 5.76. The fourth-order valence-electron chi connectivity index (χ4n) is 9.90. The molecule has 0 spiro atoms. The van der Waals surface area contributed by atoms with E-state index in [1.807, 2.05) is 0 Å². The molecule has 0 aromatic heterocycles. The van der Waals surface area contributed by atoms with E-state index in [0.29, 0.717) is 12.8 Å². The maximum Gasteiger partial charge on any atom is 0.220 e. The van der Waals surface area contributed by atoms with Gasteiger partial charge in [0.05, 0.1) is 18.8 Å². The topological polar surface area (TPSA) is 89.8 Å². The number of aliphatic hydroxyl groups is 3. The van der Waals surface area contributed by atoms with Crippen molar-refractivity contribution < 1.29 is 20.1 Å². The van der Waals surface area contributed by atoms with Gasteiger partial charge in [-0.3, -0.25) is 4.79 Å². The molecule has 69 heavy (non-hydrogen) atoms. The van der Waals surface area contributed by atoms with Crippen molar-refractivity contribution in [1.82, 2.24) is 5.32 Å². The molecule has 4 N–H and O–H groups in total. The molecule has 5 nitrogen and oxygen atoms in total. The highest BCUT2D eigenvalue weighted by Crippen LogP contribution is 2.18. The largest absolute Gasteiger partial charge is 0.394 e. The fourth-order valence-corrected chi connectivity index (χ4v) is 9.90. The lowest BCUT2D eigenvalue weighted by molar-refractivity contribution is -0.124. The van der Waals surface area contributed by atoms with Crippen LogP contribution in [0.15, 0.2) is 36.5 Å². The highest BCUT2D eigenvalue weighted by atomic mass is 16.3. The molecule has 0 saturated carbocycles. The number of carbonyl (C=O) groups excluding carboxylic acids is 1. The number of aliphatic hydroxyl groups excluding tert-OH is 3. The molecule has 408 valence electrons. The normalized spacial score (nSPS) is 13.4. The van der Waals surface area contributed by atoms with Crippen LogP contribution in [-0.2, 0) is 4.79 Å². The van der Waals surface area contributed by atoms with Gasteiger partial charge in [-0.1, -0.05) is 301 Å². The second kappa shape index (κ2) is 59.1. The minimum absolute atomic E-state index is 0.150. The molecule has 3 atom stereocenters. The van der Waals surface area contributed by atoms with Crippen LogP contribution < -0.4 is 5.32 Å². The van der Waals surface area contributed by atoms with E-state index in [4.69, 9.17) is 0 Å². The number of allylic oxidation sites excluding steroid dienone is 6. The SMILES string of the molecule is CCCCCCCCCCC/C=C\C/C=C\CCCCCCCCCCCCCCCCCC(=O)NC(CO)C(O)C(O)CCC/C=C/CCCCCCCCCCCCCCCCCCCCC. The third-order valence-corrected chi connectivity index (χ3v) is 14.7. The van der Waals surface area contributed by atoms with Crippen LogP contribution >= 0.6 is 0 Å². The summed E-state index contributed by atoms with van der Waals surface area (Å²) >= 11 is 0. The highest BCUT2D eigenvalue weighted by Gasteiger charge is 2.26. The average molecular weight is 971 g/mol. The Balaban J connectivity index is 3.53. The summed E-state index contributed by atoms with van der Waals surface area (Å²) in [6, 6.07) is -0.827. The van der Waals surface area contributed by atoms with E-state index in [1.54, 1.807) is 0 Å². The third kappa shape index (κ3) is 54.2. The van der Waals surface area contributed by atoms with E-state index in [0.717, 1.165) is 44.9 Å². The predicted molar refractivity (Wildman–Crippen MR) is 305 cm³/mol. The van der Waals surface area contributed by atoms with Gasteiger partial charge in [-0.05, 0) is 70.6 Å². The Labute approximate surface area is 432 Å². The second-order valence-corrected chi connectivity index (χ2v) is 21.6. The van der Waals surface area contributed by atoms with Crippen molar-refractivity contribution in [3.05, 3.63) is 36.5 Å². The summed E-state index contributed by atoms with van der Waals surface area (Å²) in [5.74, 6) is -0.150. The maximum absolute atomic E-state index is 12.5. The summed E-state index contributed by atoms with van der Waals surface area (Å²) in [6.07, 6.45) is 77.6. The molecule has 0 bridgehead atoms. The van der Waals surface area contributed by atoms with E-state index in [2.05, 4.69) is 55.6 Å². The van der Waals surface area contributed by atoms with Crippen molar-refractivity contribution in [3.63, 3.8) is 0 Å². The van der Waals surface area contributed by atoms with Crippen LogP contribution in [0.5, 0.6) is 0 Å². The molecule has 0 radical (unpaired) electrons. The summed E-state index contributed by atoms with van der Waals surface area (Å²) in [5, 5.41) is 33.8. The third-order valence-electron chi connectivity index (χ3n) is 14.7. The lowest BCUT2D eigenvalue weighted by Crippen LogP contribution is -2.50. The van der Waals surface area contributed by atoms with E-state index in [1.165, 1.54) is 270 Å². The van der Waals surface area contributed by atoms with E-state index < -0.39 is 18.2 Å². The smallest absolute Gasteiger partial charge is 0.220 e.